The molecule has 0 bridgehead atoms. The fourth-order valence-electron chi connectivity index (χ4n) is 9.94. The van der Waals surface area contributed by atoms with Crippen LogP contribution >= 0.6 is 0 Å². The van der Waals surface area contributed by atoms with E-state index in [1.54, 1.807) is 62.4 Å². The van der Waals surface area contributed by atoms with E-state index < -0.39 is 36.7 Å². The third-order valence-corrected chi connectivity index (χ3v) is 12.4. The number of cyclic esters (lactones) is 1. The lowest BCUT2D eigenvalue weighted by Gasteiger charge is -2.57. The van der Waals surface area contributed by atoms with Crippen LogP contribution < -0.4 is 4.74 Å². The molecule has 1 aliphatic heterocycles. The number of allylic oxidation sites excluding steroid dienone is 4. The summed E-state index contributed by atoms with van der Waals surface area (Å²) < 4.78 is 28.9. The van der Waals surface area contributed by atoms with Gasteiger partial charge in [-0.25, -0.2) is 4.79 Å². The molecule has 1 heterocycles. The van der Waals surface area contributed by atoms with Crippen molar-refractivity contribution >= 4 is 34.9 Å². The number of nitrogens with zero attached hydrogens (tertiary/aromatic N) is 2. The fraction of sp³-hybridized carbons (Fsp3) is 0.545. The Kier molecular flexibility index (Phi) is 11.2. The van der Waals surface area contributed by atoms with Crippen LogP contribution in [0.1, 0.15) is 95.5 Å². The Morgan fingerprint density at radius 2 is 1.82 bits per heavy atom. The van der Waals surface area contributed by atoms with E-state index in [0.717, 1.165) is 37.7 Å². The molecule has 4 aliphatic carbocycles. The third kappa shape index (κ3) is 8.28. The molecule has 3 saturated carbocycles. The number of rotatable bonds is 13. The van der Waals surface area contributed by atoms with E-state index in [2.05, 4.69) is 24.1 Å². The van der Waals surface area contributed by atoms with Crippen molar-refractivity contribution in [3.63, 3.8) is 0 Å². The number of azo groups is 1. The van der Waals surface area contributed by atoms with Gasteiger partial charge in [-0.15, -0.1) is 0 Å². The summed E-state index contributed by atoms with van der Waals surface area (Å²) in [6.45, 7) is 9.09. The molecule has 298 valence electrons. The maximum Gasteiger partial charge on any atom is 0.345 e. The number of Topliss-reactive ketones (excluding diaryl/α,β-unsaturated/α-hetero) is 1. The van der Waals surface area contributed by atoms with E-state index in [1.165, 1.54) is 6.07 Å². The van der Waals surface area contributed by atoms with Gasteiger partial charge in [0.1, 0.15) is 17.9 Å². The van der Waals surface area contributed by atoms with Crippen LogP contribution in [0.5, 0.6) is 5.75 Å². The molecule has 1 N–H and O–H groups in total. The molecule has 56 heavy (non-hydrogen) atoms. The van der Waals surface area contributed by atoms with Gasteiger partial charge in [-0.2, -0.15) is 10.2 Å². The summed E-state index contributed by atoms with van der Waals surface area (Å²) in [5.74, 6) is -1.41. The summed E-state index contributed by atoms with van der Waals surface area (Å²) >= 11 is 0. The molecule has 7 rings (SSSR count). The smallest absolute Gasteiger partial charge is 0.345 e. The second-order valence-electron chi connectivity index (χ2n) is 17.0. The summed E-state index contributed by atoms with van der Waals surface area (Å²) in [5.41, 5.74) is 2.36. The Bertz CT molecular complexity index is 1970. The maximum absolute atomic E-state index is 12.9. The van der Waals surface area contributed by atoms with Crippen LogP contribution in [-0.4, -0.2) is 66.1 Å². The highest BCUT2D eigenvalue weighted by Gasteiger charge is 2.60. The third-order valence-electron chi connectivity index (χ3n) is 12.4. The molecular weight excluding hydrogens is 716 g/mol. The van der Waals surface area contributed by atoms with Gasteiger partial charge >= 0.3 is 11.9 Å². The largest absolute Gasteiger partial charge is 0.457 e. The Labute approximate surface area is 327 Å². The molecule has 2 aromatic rings. The molecule has 0 radical (unpaired) electrons. The number of carbonyl (C=O) groups excluding carboxylic acids is 4. The molecule has 3 fully saturated rings. The van der Waals surface area contributed by atoms with Crippen LogP contribution in [0.3, 0.4) is 0 Å². The number of esters is 2. The zero-order chi connectivity index (χ0) is 39.8. The summed E-state index contributed by atoms with van der Waals surface area (Å²) in [7, 11) is 0. The van der Waals surface area contributed by atoms with Crippen molar-refractivity contribution in [2.75, 3.05) is 13.2 Å². The quantitative estimate of drug-likeness (QED) is 0.121. The monoisotopic (exact) mass is 768 g/mol. The van der Waals surface area contributed by atoms with Crippen LogP contribution in [0.4, 0.5) is 11.4 Å². The standard InChI is InChI=1S/C44H52N2O10/c1-6-9-39(54-31-21-34-32-14-12-27-19-29(47)16-17-44(27,5)40(32)36(49)23-43(34,4)22-31)53-25-30(48)24-52-38(50)18-26-10-7-8-11-35(26)46-45-28-13-15-37-33(20-28)41(51)56-42(2,3)55-37/h7-8,10-11,13,15-17,19-20,31-32,34,36,39-40,49H,6,9,12,14,18,21-25H2,1-5H3. The summed E-state index contributed by atoms with van der Waals surface area (Å²) in [4.78, 5) is 50.3. The predicted molar refractivity (Wildman–Crippen MR) is 204 cm³/mol. The minimum atomic E-state index is -1.06. The number of carbonyl (C=O) groups is 4. The number of ketones is 2. The normalized spacial score (nSPS) is 30.6. The van der Waals surface area contributed by atoms with Crippen LogP contribution in [0.25, 0.3) is 0 Å². The molecular formula is C44H52N2O10. The minimum Gasteiger partial charge on any atom is -0.457 e. The molecule has 2 aromatic carbocycles. The first-order valence-electron chi connectivity index (χ1n) is 19.8. The first-order valence-corrected chi connectivity index (χ1v) is 19.8. The van der Waals surface area contributed by atoms with Crippen molar-refractivity contribution in [3.8, 4) is 5.75 Å². The van der Waals surface area contributed by atoms with Gasteiger partial charge in [0.15, 0.2) is 24.5 Å². The van der Waals surface area contributed by atoms with Gasteiger partial charge in [0.05, 0.1) is 30.0 Å². The van der Waals surface area contributed by atoms with Crippen molar-refractivity contribution in [1.29, 1.82) is 0 Å². The topological polar surface area (TPSA) is 159 Å². The number of benzene rings is 2. The Morgan fingerprint density at radius 3 is 2.62 bits per heavy atom. The molecule has 8 atom stereocenters. The lowest BCUT2D eigenvalue weighted by atomic mass is 9.47. The number of aliphatic hydroxyl groups excluding tert-OH is 1. The van der Waals surface area contributed by atoms with E-state index >= 15 is 0 Å². The zero-order valence-electron chi connectivity index (χ0n) is 32.8. The van der Waals surface area contributed by atoms with E-state index in [-0.39, 0.29) is 53.0 Å². The summed E-state index contributed by atoms with van der Waals surface area (Å²) in [6, 6.07) is 11.8. The number of fused-ring (bicyclic) bond motifs is 6. The van der Waals surface area contributed by atoms with Gasteiger partial charge in [-0.3, -0.25) is 14.4 Å². The highest BCUT2D eigenvalue weighted by atomic mass is 16.7. The Hall–Kier alpha value is -4.52. The highest BCUT2D eigenvalue weighted by Crippen LogP contribution is 2.64. The average Bonchev–Trinajstić information content (AvgIpc) is 3.47. The summed E-state index contributed by atoms with van der Waals surface area (Å²) in [5, 5.41) is 20.1. The number of aliphatic hydroxyl groups is 1. The van der Waals surface area contributed by atoms with Gasteiger partial charge in [0, 0.05) is 25.2 Å². The number of ether oxygens (including phenoxy) is 5. The average molecular weight is 769 g/mol. The molecule has 5 aliphatic rings. The Morgan fingerprint density at radius 1 is 1.02 bits per heavy atom. The van der Waals surface area contributed by atoms with E-state index in [0.29, 0.717) is 47.4 Å². The zero-order valence-corrected chi connectivity index (χ0v) is 32.8. The lowest BCUT2D eigenvalue weighted by molar-refractivity contribution is -0.180. The first-order chi connectivity index (χ1) is 26.7. The molecule has 0 amide bonds. The van der Waals surface area contributed by atoms with Crippen molar-refractivity contribution in [1.82, 2.24) is 0 Å². The summed E-state index contributed by atoms with van der Waals surface area (Å²) in [6.07, 6.45) is 9.74. The number of hydrogen-bond acceptors (Lipinski definition) is 12. The molecule has 0 spiro atoms. The van der Waals surface area contributed by atoms with Crippen molar-refractivity contribution < 1.29 is 48.0 Å². The van der Waals surface area contributed by atoms with E-state index in [1.807, 2.05) is 13.0 Å². The molecule has 12 nitrogen and oxygen atoms in total. The van der Waals surface area contributed by atoms with Crippen molar-refractivity contribution in [2.24, 2.45) is 38.8 Å². The molecule has 12 heteroatoms. The van der Waals surface area contributed by atoms with E-state index in [4.69, 9.17) is 23.7 Å². The molecule has 0 aromatic heterocycles. The van der Waals surface area contributed by atoms with Crippen molar-refractivity contribution in [2.45, 2.75) is 110 Å². The maximum atomic E-state index is 12.9. The SMILES string of the molecule is CCCC(OCC(=O)COC(=O)Cc1ccccc1N=Nc1ccc2c(c1)C(=O)OC(C)(C)O2)OC1CC2C3CCC4=CC(=O)C=CC4(C)C3C(O)CC2(C)C1. The molecule has 0 saturated heterocycles. The van der Waals surface area contributed by atoms with Gasteiger partial charge in [-0.05, 0) is 97.8 Å². The molecule has 8 unspecified atom stereocenters. The first kappa shape index (κ1) is 39.7. The van der Waals surface area contributed by atoms with Gasteiger partial charge in [0.2, 0.25) is 5.79 Å². The van der Waals surface area contributed by atoms with Crippen LogP contribution in [0.15, 0.2) is 76.5 Å². The Balaban J connectivity index is 0.900. The van der Waals surface area contributed by atoms with Crippen LogP contribution in [0, 0.1) is 28.6 Å². The van der Waals surface area contributed by atoms with Gasteiger partial charge < -0.3 is 28.8 Å². The van der Waals surface area contributed by atoms with Crippen LogP contribution in [-0.2, 0) is 39.8 Å². The van der Waals surface area contributed by atoms with Gasteiger partial charge in [-0.1, -0.05) is 57.0 Å². The predicted octanol–water partition coefficient (Wildman–Crippen LogP) is 7.85. The lowest BCUT2D eigenvalue weighted by Crippen LogP contribution is -2.54. The van der Waals surface area contributed by atoms with Crippen molar-refractivity contribution in [3.05, 3.63) is 77.4 Å². The van der Waals surface area contributed by atoms with Crippen LogP contribution in [0.2, 0.25) is 0 Å². The highest BCUT2D eigenvalue weighted by molar-refractivity contribution is 6.01. The second kappa shape index (κ2) is 15.8. The van der Waals surface area contributed by atoms with E-state index in [9.17, 15) is 24.3 Å². The second-order valence-corrected chi connectivity index (χ2v) is 17.0. The fourth-order valence-corrected chi connectivity index (χ4v) is 9.94. The number of hydrogen-bond donors (Lipinski definition) is 1. The minimum absolute atomic E-state index is 0.0282. The van der Waals surface area contributed by atoms with Gasteiger partial charge in [0.25, 0.3) is 0 Å².